The Balaban J connectivity index is 1.96. The van der Waals surface area contributed by atoms with Crippen molar-refractivity contribution in [1.82, 2.24) is 5.32 Å². The van der Waals surface area contributed by atoms with Crippen LogP contribution in [0.1, 0.15) is 64.7 Å². The maximum absolute atomic E-state index is 3.75. The number of unbranched alkanes of at least 4 members (excludes halogenated alkanes) is 2. The van der Waals surface area contributed by atoms with Crippen LogP contribution in [0.25, 0.3) is 0 Å². The molecule has 0 amide bonds. The first-order valence-corrected chi connectivity index (χ1v) is 7.17. The average molecular weight is 223 g/mol. The van der Waals surface area contributed by atoms with Crippen molar-refractivity contribution in [2.45, 2.75) is 70.8 Å². The van der Waals surface area contributed by atoms with Crippen LogP contribution in [0.5, 0.6) is 0 Å². The highest BCUT2D eigenvalue weighted by Crippen LogP contribution is 2.27. The molecule has 1 unspecified atom stereocenters. The fourth-order valence-electron chi connectivity index (χ4n) is 2.77. The Morgan fingerprint density at radius 2 is 2.00 bits per heavy atom. The molecule has 0 heterocycles. The van der Waals surface area contributed by atoms with Crippen LogP contribution in [0.3, 0.4) is 0 Å². The summed E-state index contributed by atoms with van der Waals surface area (Å²) in [6, 6.07) is 0.715. The minimum absolute atomic E-state index is 0.715. The van der Waals surface area contributed by atoms with Crippen molar-refractivity contribution in [2.24, 2.45) is 5.92 Å². The second kappa shape index (κ2) is 8.81. The van der Waals surface area contributed by atoms with Gasteiger partial charge in [-0.1, -0.05) is 38.2 Å². The third kappa shape index (κ3) is 6.32. The second-order valence-electron chi connectivity index (χ2n) is 5.38. The average Bonchev–Trinajstić information content (AvgIpc) is 2.30. The molecule has 1 nitrogen and oxygen atoms in total. The summed E-state index contributed by atoms with van der Waals surface area (Å²) in [5.41, 5.74) is 0. The molecule has 1 rings (SSSR count). The van der Waals surface area contributed by atoms with E-state index in [9.17, 15) is 0 Å². The van der Waals surface area contributed by atoms with Gasteiger partial charge in [-0.05, 0) is 45.1 Å². The van der Waals surface area contributed by atoms with Gasteiger partial charge >= 0.3 is 0 Å². The van der Waals surface area contributed by atoms with Crippen molar-refractivity contribution in [2.75, 3.05) is 6.54 Å². The van der Waals surface area contributed by atoms with Crippen molar-refractivity contribution >= 4 is 0 Å². The zero-order chi connectivity index (χ0) is 11.6. The zero-order valence-corrected chi connectivity index (χ0v) is 11.0. The highest BCUT2D eigenvalue weighted by molar-refractivity contribution is 4.72. The molecule has 0 saturated heterocycles. The number of allylic oxidation sites excluding steroid dienone is 1. The summed E-state index contributed by atoms with van der Waals surface area (Å²) in [6.45, 7) is 7.28. The van der Waals surface area contributed by atoms with Gasteiger partial charge in [-0.2, -0.15) is 0 Å². The lowest BCUT2D eigenvalue weighted by molar-refractivity contribution is 0.305. The van der Waals surface area contributed by atoms with Crippen molar-refractivity contribution in [3.8, 4) is 0 Å². The predicted molar refractivity (Wildman–Crippen MR) is 72.7 cm³/mol. The summed E-state index contributed by atoms with van der Waals surface area (Å²) < 4.78 is 0. The van der Waals surface area contributed by atoms with E-state index in [-0.39, 0.29) is 0 Å². The Kier molecular flexibility index (Phi) is 7.58. The summed E-state index contributed by atoms with van der Waals surface area (Å²) in [7, 11) is 0. The number of nitrogens with one attached hydrogen (secondary N) is 1. The molecular weight excluding hydrogens is 194 g/mol. The minimum Gasteiger partial charge on any atom is -0.314 e. The molecule has 1 atom stereocenters. The summed E-state index contributed by atoms with van der Waals surface area (Å²) in [4.78, 5) is 0. The largest absolute Gasteiger partial charge is 0.314 e. The molecule has 0 aromatic rings. The lowest BCUT2D eigenvalue weighted by atomic mass is 9.85. The van der Waals surface area contributed by atoms with Gasteiger partial charge < -0.3 is 5.32 Å². The fraction of sp³-hybridized carbons (Fsp3) is 0.867. The van der Waals surface area contributed by atoms with E-state index in [1.165, 1.54) is 64.3 Å². The van der Waals surface area contributed by atoms with Gasteiger partial charge in [0.05, 0.1) is 0 Å². The molecule has 1 aliphatic carbocycles. The molecular formula is C15H29N. The molecule has 1 N–H and O–H groups in total. The summed E-state index contributed by atoms with van der Waals surface area (Å²) in [6.07, 6.45) is 14.5. The Bertz CT molecular complexity index is 170. The van der Waals surface area contributed by atoms with Crippen molar-refractivity contribution in [3.05, 3.63) is 12.7 Å². The molecule has 0 aromatic carbocycles. The Morgan fingerprint density at radius 3 is 2.69 bits per heavy atom. The van der Waals surface area contributed by atoms with E-state index in [1.54, 1.807) is 0 Å². The zero-order valence-electron chi connectivity index (χ0n) is 11.0. The Labute approximate surface area is 102 Å². The van der Waals surface area contributed by atoms with E-state index >= 15 is 0 Å². The first-order valence-electron chi connectivity index (χ1n) is 7.17. The number of hydrogen-bond acceptors (Lipinski definition) is 1. The van der Waals surface area contributed by atoms with E-state index in [1.807, 2.05) is 6.08 Å². The second-order valence-corrected chi connectivity index (χ2v) is 5.38. The van der Waals surface area contributed by atoms with E-state index in [0.29, 0.717) is 6.04 Å². The van der Waals surface area contributed by atoms with Crippen LogP contribution in [0, 0.1) is 5.92 Å². The van der Waals surface area contributed by atoms with Crippen LogP contribution >= 0.6 is 0 Å². The van der Waals surface area contributed by atoms with Gasteiger partial charge in [0.15, 0.2) is 0 Å². The molecule has 0 bridgehead atoms. The van der Waals surface area contributed by atoms with Crippen molar-refractivity contribution < 1.29 is 0 Å². The molecule has 16 heavy (non-hydrogen) atoms. The maximum atomic E-state index is 3.75. The van der Waals surface area contributed by atoms with Crippen LogP contribution in [-0.4, -0.2) is 12.6 Å². The Hall–Kier alpha value is -0.300. The first-order chi connectivity index (χ1) is 7.83. The monoisotopic (exact) mass is 223 g/mol. The van der Waals surface area contributed by atoms with E-state index in [0.717, 1.165) is 5.92 Å². The van der Waals surface area contributed by atoms with Gasteiger partial charge in [-0.3, -0.25) is 0 Å². The van der Waals surface area contributed by atoms with E-state index < -0.39 is 0 Å². The lowest BCUT2D eigenvalue weighted by Gasteiger charge is -2.25. The van der Waals surface area contributed by atoms with Crippen molar-refractivity contribution in [1.29, 1.82) is 0 Å². The van der Waals surface area contributed by atoms with Crippen molar-refractivity contribution in [3.63, 3.8) is 0 Å². The minimum atomic E-state index is 0.715. The molecule has 1 heteroatoms. The lowest BCUT2D eigenvalue weighted by Crippen LogP contribution is -2.29. The van der Waals surface area contributed by atoms with Gasteiger partial charge in [0, 0.05) is 6.04 Å². The van der Waals surface area contributed by atoms with Gasteiger partial charge in [-0.15, -0.1) is 6.58 Å². The summed E-state index contributed by atoms with van der Waals surface area (Å²) in [5, 5.41) is 3.65. The van der Waals surface area contributed by atoms with E-state index in [2.05, 4.69) is 18.8 Å². The molecule has 0 spiro atoms. The quantitative estimate of drug-likeness (QED) is 0.478. The summed E-state index contributed by atoms with van der Waals surface area (Å²) >= 11 is 0. The molecule has 0 radical (unpaired) electrons. The first kappa shape index (κ1) is 13.8. The smallest absolute Gasteiger partial charge is 0.00413 e. The van der Waals surface area contributed by atoms with Crippen LogP contribution in [0.2, 0.25) is 0 Å². The van der Waals surface area contributed by atoms with Gasteiger partial charge in [0.2, 0.25) is 0 Å². The van der Waals surface area contributed by atoms with Crippen LogP contribution in [0.4, 0.5) is 0 Å². The van der Waals surface area contributed by atoms with E-state index in [4.69, 9.17) is 0 Å². The Morgan fingerprint density at radius 1 is 1.25 bits per heavy atom. The molecule has 1 aliphatic rings. The molecule has 1 saturated carbocycles. The number of rotatable bonds is 8. The highest BCUT2D eigenvalue weighted by Gasteiger charge is 2.15. The predicted octanol–water partition coefficient (Wildman–Crippen LogP) is 4.29. The maximum Gasteiger partial charge on any atom is 0.00413 e. The molecule has 1 fully saturated rings. The normalized spacial score (nSPS) is 19.6. The van der Waals surface area contributed by atoms with Gasteiger partial charge in [0.1, 0.15) is 0 Å². The van der Waals surface area contributed by atoms with Crippen LogP contribution < -0.4 is 5.32 Å². The molecule has 0 aromatic heterocycles. The van der Waals surface area contributed by atoms with Crippen LogP contribution in [-0.2, 0) is 0 Å². The fourth-order valence-corrected chi connectivity index (χ4v) is 2.77. The summed E-state index contributed by atoms with van der Waals surface area (Å²) in [5.74, 6) is 1.00. The molecule has 0 aliphatic heterocycles. The highest BCUT2D eigenvalue weighted by atomic mass is 14.9. The van der Waals surface area contributed by atoms with Crippen LogP contribution in [0.15, 0.2) is 12.7 Å². The number of hydrogen-bond donors (Lipinski definition) is 1. The van der Waals surface area contributed by atoms with Gasteiger partial charge in [0.25, 0.3) is 0 Å². The third-order valence-electron chi connectivity index (χ3n) is 3.74. The molecule has 94 valence electrons. The van der Waals surface area contributed by atoms with Gasteiger partial charge in [-0.25, -0.2) is 0 Å². The standard InChI is InChI=1S/C15H29N/c1-3-4-5-9-12-16-14(2)13-15-10-7-6-8-11-15/h3,14-16H,1,4-13H2,2H3. The SMILES string of the molecule is C=CCCCCNC(C)CC1CCCCC1. The topological polar surface area (TPSA) is 12.0 Å². The third-order valence-corrected chi connectivity index (χ3v) is 3.74.